The molecule has 0 bridgehead atoms. The molecule has 0 spiro atoms. The molecule has 1 unspecified atom stereocenters. The lowest BCUT2D eigenvalue weighted by Gasteiger charge is -2.32. The van der Waals surface area contributed by atoms with Crippen LogP contribution in [-0.4, -0.2) is 30.5 Å². The molecular formula is C14H22N4. The second-order valence-electron chi connectivity index (χ2n) is 4.99. The van der Waals surface area contributed by atoms with Gasteiger partial charge in [-0.1, -0.05) is 30.3 Å². The quantitative estimate of drug-likeness (QED) is 0.619. The zero-order chi connectivity index (χ0) is 12.8. The van der Waals surface area contributed by atoms with E-state index in [9.17, 15) is 0 Å². The second-order valence-corrected chi connectivity index (χ2v) is 4.99. The van der Waals surface area contributed by atoms with Crippen molar-refractivity contribution in [1.29, 1.82) is 0 Å². The van der Waals surface area contributed by atoms with Crippen LogP contribution in [0.2, 0.25) is 0 Å². The first-order valence-corrected chi connectivity index (χ1v) is 6.55. The summed E-state index contributed by atoms with van der Waals surface area (Å²) >= 11 is 0. The Hall–Kier alpha value is -1.55. The van der Waals surface area contributed by atoms with Gasteiger partial charge in [0.25, 0.3) is 0 Å². The van der Waals surface area contributed by atoms with Crippen LogP contribution in [0.5, 0.6) is 0 Å². The fourth-order valence-electron chi connectivity index (χ4n) is 2.52. The van der Waals surface area contributed by atoms with Crippen molar-refractivity contribution in [1.82, 2.24) is 4.90 Å². The van der Waals surface area contributed by atoms with E-state index in [0.717, 1.165) is 19.6 Å². The molecule has 0 radical (unpaired) electrons. The summed E-state index contributed by atoms with van der Waals surface area (Å²) in [6.45, 7) is 4.05. The van der Waals surface area contributed by atoms with Crippen LogP contribution in [0.3, 0.4) is 0 Å². The van der Waals surface area contributed by atoms with Gasteiger partial charge in [-0.05, 0) is 30.9 Å². The molecule has 0 saturated carbocycles. The number of rotatable bonds is 4. The minimum Gasteiger partial charge on any atom is -0.370 e. The summed E-state index contributed by atoms with van der Waals surface area (Å²) < 4.78 is 0. The molecule has 1 fully saturated rings. The first-order valence-electron chi connectivity index (χ1n) is 6.55. The second kappa shape index (κ2) is 6.40. The Balaban J connectivity index is 1.85. The average molecular weight is 246 g/mol. The number of benzene rings is 1. The van der Waals surface area contributed by atoms with E-state index in [2.05, 4.69) is 40.2 Å². The topological polar surface area (TPSA) is 67.6 Å². The van der Waals surface area contributed by atoms with Crippen LogP contribution >= 0.6 is 0 Å². The van der Waals surface area contributed by atoms with E-state index in [-0.39, 0.29) is 5.96 Å². The third kappa shape index (κ3) is 4.04. The molecule has 2 rings (SSSR count). The fourth-order valence-corrected chi connectivity index (χ4v) is 2.52. The smallest absolute Gasteiger partial charge is 0.185 e. The molecule has 0 amide bonds. The summed E-state index contributed by atoms with van der Waals surface area (Å²) in [6, 6.07) is 10.6. The average Bonchev–Trinajstić information content (AvgIpc) is 2.38. The van der Waals surface area contributed by atoms with Crippen LogP contribution in [0.25, 0.3) is 0 Å². The molecule has 1 saturated heterocycles. The van der Waals surface area contributed by atoms with Gasteiger partial charge in [-0.3, -0.25) is 9.89 Å². The highest BCUT2D eigenvalue weighted by atomic mass is 15.1. The number of nitrogens with two attached hydrogens (primary N) is 2. The molecule has 4 N–H and O–H groups in total. The van der Waals surface area contributed by atoms with Crippen LogP contribution in [0.4, 0.5) is 0 Å². The van der Waals surface area contributed by atoms with Gasteiger partial charge in [0.05, 0.1) is 0 Å². The Bertz CT molecular complexity index is 384. The molecule has 4 nitrogen and oxygen atoms in total. The van der Waals surface area contributed by atoms with Gasteiger partial charge in [-0.25, -0.2) is 0 Å². The van der Waals surface area contributed by atoms with E-state index < -0.39 is 0 Å². The van der Waals surface area contributed by atoms with Crippen LogP contribution in [0, 0.1) is 5.92 Å². The lowest BCUT2D eigenvalue weighted by molar-refractivity contribution is 0.171. The van der Waals surface area contributed by atoms with Gasteiger partial charge in [0.1, 0.15) is 0 Å². The maximum atomic E-state index is 5.38. The molecule has 4 heteroatoms. The number of guanidine groups is 1. The maximum absolute atomic E-state index is 5.38. The van der Waals surface area contributed by atoms with E-state index >= 15 is 0 Å². The van der Waals surface area contributed by atoms with Crippen LogP contribution in [0.1, 0.15) is 18.4 Å². The van der Waals surface area contributed by atoms with E-state index in [1.807, 2.05) is 0 Å². The Morgan fingerprint density at radius 2 is 2.06 bits per heavy atom. The molecular weight excluding hydrogens is 224 g/mol. The SMILES string of the molecule is NC(N)=NCC1CCCN(Cc2ccccc2)C1. The van der Waals surface area contributed by atoms with Crippen molar-refractivity contribution < 1.29 is 0 Å². The molecule has 1 aliphatic rings. The number of likely N-dealkylation sites (tertiary alicyclic amines) is 1. The van der Waals surface area contributed by atoms with Gasteiger partial charge < -0.3 is 11.5 Å². The molecule has 98 valence electrons. The predicted octanol–water partition coefficient (Wildman–Crippen LogP) is 1.17. The first-order chi connectivity index (χ1) is 8.74. The van der Waals surface area contributed by atoms with Gasteiger partial charge in [-0.15, -0.1) is 0 Å². The van der Waals surface area contributed by atoms with Crippen molar-refractivity contribution in [2.24, 2.45) is 22.4 Å². The molecule has 1 heterocycles. The van der Waals surface area contributed by atoms with E-state index in [0.29, 0.717) is 5.92 Å². The highest BCUT2D eigenvalue weighted by molar-refractivity contribution is 5.75. The van der Waals surface area contributed by atoms with Crippen molar-refractivity contribution in [3.63, 3.8) is 0 Å². The van der Waals surface area contributed by atoms with Crippen molar-refractivity contribution in [2.45, 2.75) is 19.4 Å². The predicted molar refractivity (Wildman–Crippen MR) is 75.1 cm³/mol. The first kappa shape index (κ1) is 12.9. The largest absolute Gasteiger partial charge is 0.370 e. The monoisotopic (exact) mass is 246 g/mol. The Kier molecular flexibility index (Phi) is 4.59. The molecule has 0 aliphatic carbocycles. The highest BCUT2D eigenvalue weighted by Crippen LogP contribution is 2.18. The number of aliphatic imine (C=N–C) groups is 1. The summed E-state index contributed by atoms with van der Waals surface area (Å²) in [5.74, 6) is 0.791. The number of hydrogen-bond acceptors (Lipinski definition) is 2. The van der Waals surface area contributed by atoms with Gasteiger partial charge in [0.2, 0.25) is 0 Å². The Morgan fingerprint density at radius 1 is 1.28 bits per heavy atom. The van der Waals surface area contributed by atoms with Gasteiger partial charge in [-0.2, -0.15) is 0 Å². The minimum atomic E-state index is 0.204. The van der Waals surface area contributed by atoms with Crippen molar-refractivity contribution in [3.05, 3.63) is 35.9 Å². The van der Waals surface area contributed by atoms with Crippen LogP contribution < -0.4 is 11.5 Å². The summed E-state index contributed by atoms with van der Waals surface area (Å²) in [4.78, 5) is 6.63. The third-order valence-electron chi connectivity index (χ3n) is 3.38. The van der Waals surface area contributed by atoms with E-state index in [1.165, 1.54) is 24.9 Å². The molecule has 18 heavy (non-hydrogen) atoms. The van der Waals surface area contributed by atoms with E-state index in [1.54, 1.807) is 0 Å². The fraction of sp³-hybridized carbons (Fsp3) is 0.500. The highest BCUT2D eigenvalue weighted by Gasteiger charge is 2.19. The van der Waals surface area contributed by atoms with E-state index in [4.69, 9.17) is 11.5 Å². The molecule has 1 aromatic rings. The zero-order valence-electron chi connectivity index (χ0n) is 10.8. The van der Waals surface area contributed by atoms with Crippen molar-refractivity contribution >= 4 is 5.96 Å². The van der Waals surface area contributed by atoms with Crippen molar-refractivity contribution in [2.75, 3.05) is 19.6 Å². The third-order valence-corrected chi connectivity index (χ3v) is 3.38. The Morgan fingerprint density at radius 3 is 2.78 bits per heavy atom. The van der Waals surface area contributed by atoms with Gasteiger partial charge in [0.15, 0.2) is 5.96 Å². The maximum Gasteiger partial charge on any atom is 0.185 e. The van der Waals surface area contributed by atoms with Gasteiger partial charge in [0, 0.05) is 19.6 Å². The number of nitrogens with zero attached hydrogens (tertiary/aromatic N) is 2. The summed E-state index contributed by atoms with van der Waals surface area (Å²) in [7, 11) is 0. The molecule has 0 aromatic heterocycles. The lowest BCUT2D eigenvalue weighted by atomic mass is 9.98. The zero-order valence-corrected chi connectivity index (χ0v) is 10.8. The van der Waals surface area contributed by atoms with Crippen LogP contribution in [0.15, 0.2) is 35.3 Å². The summed E-state index contributed by atoms with van der Waals surface area (Å²) in [5.41, 5.74) is 12.1. The van der Waals surface area contributed by atoms with Crippen LogP contribution in [-0.2, 0) is 6.54 Å². The number of piperidine rings is 1. The lowest BCUT2D eigenvalue weighted by Crippen LogP contribution is -2.36. The molecule has 1 aromatic carbocycles. The standard InChI is InChI=1S/C14H22N4/c15-14(16)17-9-13-7-4-8-18(11-13)10-12-5-2-1-3-6-12/h1-3,5-6,13H,4,7-11H2,(H4,15,16,17). The minimum absolute atomic E-state index is 0.204. The molecule has 1 aliphatic heterocycles. The Labute approximate surface area is 109 Å². The van der Waals surface area contributed by atoms with Gasteiger partial charge >= 0.3 is 0 Å². The number of hydrogen-bond donors (Lipinski definition) is 2. The summed E-state index contributed by atoms with van der Waals surface area (Å²) in [6.07, 6.45) is 2.46. The van der Waals surface area contributed by atoms with Crippen molar-refractivity contribution in [3.8, 4) is 0 Å². The molecule has 1 atom stereocenters. The summed E-state index contributed by atoms with van der Waals surface area (Å²) in [5, 5.41) is 0. The normalized spacial score (nSPS) is 20.6.